The van der Waals surface area contributed by atoms with Crippen LogP contribution in [-0.2, 0) is 17.4 Å². The van der Waals surface area contributed by atoms with Crippen LogP contribution in [0, 0.1) is 0 Å². The predicted octanol–water partition coefficient (Wildman–Crippen LogP) is 4.16. The smallest absolute Gasteiger partial charge is 0.356 e. The van der Waals surface area contributed by atoms with Crippen molar-refractivity contribution in [3.63, 3.8) is 0 Å². The lowest BCUT2D eigenvalue weighted by atomic mass is 10.1. The predicted molar refractivity (Wildman–Crippen MR) is 77.3 cm³/mol. The van der Waals surface area contributed by atoms with Gasteiger partial charge >= 0.3 is 6.18 Å². The van der Waals surface area contributed by atoms with Crippen LogP contribution in [0.5, 0.6) is 0 Å². The van der Waals surface area contributed by atoms with Crippen molar-refractivity contribution in [3.8, 4) is 0 Å². The van der Waals surface area contributed by atoms with Crippen LogP contribution >= 0.6 is 11.6 Å². The maximum absolute atomic E-state index is 12.4. The molecular formula is C15H19ClF3NO. The average molecular weight is 322 g/mol. The monoisotopic (exact) mass is 321 g/mol. The molecule has 1 N–H and O–H groups in total. The molecule has 1 aromatic carbocycles. The van der Waals surface area contributed by atoms with E-state index in [0.29, 0.717) is 18.0 Å². The Morgan fingerprint density at radius 2 is 1.67 bits per heavy atom. The number of rotatable bonds is 8. The molecule has 2 nitrogen and oxygen atoms in total. The molecule has 0 aliphatic heterocycles. The molecule has 0 aromatic heterocycles. The number of nitrogens with one attached hydrogen (secondary N) is 1. The van der Waals surface area contributed by atoms with Gasteiger partial charge in [0.15, 0.2) is 0 Å². The van der Waals surface area contributed by atoms with Gasteiger partial charge in [-0.2, -0.15) is 13.2 Å². The summed E-state index contributed by atoms with van der Waals surface area (Å²) in [6, 6.07) is 4.66. The largest absolute Gasteiger partial charge is 0.416 e. The van der Waals surface area contributed by atoms with Crippen LogP contribution in [-0.4, -0.2) is 18.3 Å². The molecule has 1 rings (SSSR count). The minimum atomic E-state index is -4.34. The molecule has 21 heavy (non-hydrogen) atoms. The SMILES string of the molecule is O=C(Cc1ccc(C(F)(F)F)cc1)NCCCCCCCl. The van der Waals surface area contributed by atoms with E-state index in [9.17, 15) is 18.0 Å². The number of hydrogen-bond acceptors (Lipinski definition) is 1. The first-order chi connectivity index (χ1) is 9.93. The average Bonchev–Trinajstić information content (AvgIpc) is 2.42. The number of alkyl halides is 4. The Kier molecular flexibility index (Phi) is 7.57. The zero-order valence-corrected chi connectivity index (χ0v) is 12.4. The molecule has 118 valence electrons. The minimum absolute atomic E-state index is 0.0970. The van der Waals surface area contributed by atoms with Gasteiger partial charge in [-0.1, -0.05) is 25.0 Å². The van der Waals surface area contributed by atoms with E-state index < -0.39 is 11.7 Å². The molecule has 0 unspecified atom stereocenters. The zero-order chi connectivity index (χ0) is 15.7. The van der Waals surface area contributed by atoms with E-state index in [1.165, 1.54) is 12.1 Å². The first-order valence-electron chi connectivity index (χ1n) is 6.92. The van der Waals surface area contributed by atoms with Crippen LogP contribution in [0.25, 0.3) is 0 Å². The fraction of sp³-hybridized carbons (Fsp3) is 0.533. The van der Waals surface area contributed by atoms with Gasteiger partial charge in [-0.05, 0) is 30.5 Å². The number of halogens is 4. The van der Waals surface area contributed by atoms with E-state index in [4.69, 9.17) is 11.6 Å². The van der Waals surface area contributed by atoms with Crippen LogP contribution in [0.1, 0.15) is 36.8 Å². The second-order valence-corrected chi connectivity index (χ2v) is 5.20. The minimum Gasteiger partial charge on any atom is -0.356 e. The highest BCUT2D eigenvalue weighted by Gasteiger charge is 2.29. The van der Waals surface area contributed by atoms with Gasteiger partial charge in [-0.25, -0.2) is 0 Å². The quantitative estimate of drug-likeness (QED) is 0.565. The van der Waals surface area contributed by atoms with Gasteiger partial charge in [-0.15, -0.1) is 11.6 Å². The van der Waals surface area contributed by atoms with Crippen LogP contribution in [0.3, 0.4) is 0 Å². The number of carbonyl (C=O) groups excluding carboxylic acids is 1. The third-order valence-electron chi connectivity index (χ3n) is 3.03. The molecule has 0 heterocycles. The Balaban J connectivity index is 2.28. The summed E-state index contributed by atoms with van der Waals surface area (Å²) >= 11 is 5.55. The second kappa shape index (κ2) is 8.93. The van der Waals surface area contributed by atoms with Crippen molar-refractivity contribution >= 4 is 17.5 Å². The number of carbonyl (C=O) groups is 1. The third kappa shape index (κ3) is 7.37. The van der Waals surface area contributed by atoms with Gasteiger partial charge in [0.1, 0.15) is 0 Å². The first-order valence-corrected chi connectivity index (χ1v) is 7.45. The lowest BCUT2D eigenvalue weighted by Gasteiger charge is -2.08. The summed E-state index contributed by atoms with van der Waals surface area (Å²) in [5.41, 5.74) is -0.131. The molecule has 0 saturated heterocycles. The van der Waals surface area contributed by atoms with Crippen molar-refractivity contribution in [2.24, 2.45) is 0 Å². The molecule has 6 heteroatoms. The van der Waals surface area contributed by atoms with Gasteiger partial charge in [-0.3, -0.25) is 4.79 Å². The highest BCUT2D eigenvalue weighted by Crippen LogP contribution is 2.29. The van der Waals surface area contributed by atoms with Gasteiger partial charge < -0.3 is 5.32 Å². The molecule has 0 radical (unpaired) electrons. The van der Waals surface area contributed by atoms with Gasteiger partial charge in [0.05, 0.1) is 12.0 Å². The fourth-order valence-electron chi connectivity index (χ4n) is 1.86. The summed E-state index contributed by atoms with van der Waals surface area (Å²) < 4.78 is 37.2. The van der Waals surface area contributed by atoms with Crippen molar-refractivity contribution in [2.45, 2.75) is 38.3 Å². The maximum atomic E-state index is 12.4. The summed E-state index contributed by atoms with van der Waals surface area (Å²) in [6.45, 7) is 0.585. The molecule has 0 aliphatic rings. The summed E-state index contributed by atoms with van der Waals surface area (Å²) in [6.07, 6.45) is -0.341. The molecule has 0 atom stereocenters. The van der Waals surface area contributed by atoms with Crippen LogP contribution in [0.2, 0.25) is 0 Å². The first kappa shape index (κ1) is 17.8. The summed E-state index contributed by atoms with van der Waals surface area (Å²) in [5, 5.41) is 2.76. The number of amides is 1. The Morgan fingerprint density at radius 3 is 2.24 bits per heavy atom. The number of benzene rings is 1. The van der Waals surface area contributed by atoms with E-state index in [-0.39, 0.29) is 12.3 Å². The van der Waals surface area contributed by atoms with Gasteiger partial charge in [0.2, 0.25) is 5.91 Å². The van der Waals surface area contributed by atoms with E-state index in [1.54, 1.807) is 0 Å². The Labute approximate surface area is 127 Å². The van der Waals surface area contributed by atoms with Gasteiger partial charge in [0, 0.05) is 12.4 Å². The van der Waals surface area contributed by atoms with Crippen LogP contribution < -0.4 is 5.32 Å². The Hall–Kier alpha value is -1.23. The van der Waals surface area contributed by atoms with E-state index in [1.807, 2.05) is 0 Å². The van der Waals surface area contributed by atoms with Crippen molar-refractivity contribution in [3.05, 3.63) is 35.4 Å². The highest BCUT2D eigenvalue weighted by molar-refractivity contribution is 6.17. The fourth-order valence-corrected chi connectivity index (χ4v) is 2.05. The molecule has 0 saturated carbocycles. The van der Waals surface area contributed by atoms with E-state index >= 15 is 0 Å². The van der Waals surface area contributed by atoms with Crippen molar-refractivity contribution in [2.75, 3.05) is 12.4 Å². The van der Waals surface area contributed by atoms with Crippen molar-refractivity contribution < 1.29 is 18.0 Å². The molecule has 0 bridgehead atoms. The zero-order valence-electron chi connectivity index (χ0n) is 11.7. The topological polar surface area (TPSA) is 29.1 Å². The number of unbranched alkanes of at least 4 members (excludes halogenated alkanes) is 3. The molecule has 0 spiro atoms. The molecule has 1 aromatic rings. The lowest BCUT2D eigenvalue weighted by Crippen LogP contribution is -2.26. The summed E-state index contributed by atoms with van der Waals surface area (Å²) in [5.74, 6) is 0.479. The highest BCUT2D eigenvalue weighted by atomic mass is 35.5. The lowest BCUT2D eigenvalue weighted by molar-refractivity contribution is -0.137. The maximum Gasteiger partial charge on any atom is 0.416 e. The van der Waals surface area contributed by atoms with Gasteiger partial charge in [0.25, 0.3) is 0 Å². The summed E-state index contributed by atoms with van der Waals surface area (Å²) in [4.78, 5) is 11.6. The van der Waals surface area contributed by atoms with Crippen molar-refractivity contribution in [1.29, 1.82) is 0 Å². The van der Waals surface area contributed by atoms with E-state index in [0.717, 1.165) is 37.8 Å². The van der Waals surface area contributed by atoms with E-state index in [2.05, 4.69) is 5.32 Å². The molecule has 0 aliphatic carbocycles. The number of hydrogen-bond donors (Lipinski definition) is 1. The normalized spacial score (nSPS) is 11.4. The van der Waals surface area contributed by atoms with Crippen LogP contribution in [0.15, 0.2) is 24.3 Å². The second-order valence-electron chi connectivity index (χ2n) is 4.82. The van der Waals surface area contributed by atoms with Crippen molar-refractivity contribution in [1.82, 2.24) is 5.32 Å². The Morgan fingerprint density at radius 1 is 1.05 bits per heavy atom. The standard InChI is InChI=1S/C15H19ClF3NO/c16-9-3-1-2-4-10-20-14(21)11-12-5-7-13(8-6-12)15(17,18)19/h5-8H,1-4,9-11H2,(H,20,21). The summed E-state index contributed by atoms with van der Waals surface area (Å²) in [7, 11) is 0. The molecule has 0 fully saturated rings. The molecular weight excluding hydrogens is 303 g/mol. The van der Waals surface area contributed by atoms with Crippen LogP contribution in [0.4, 0.5) is 13.2 Å². The Bertz CT molecular complexity index is 432. The molecule has 1 amide bonds. The third-order valence-corrected chi connectivity index (χ3v) is 3.30.